The van der Waals surface area contributed by atoms with Gasteiger partial charge in [0, 0.05) is 11.9 Å². The van der Waals surface area contributed by atoms with E-state index in [4.69, 9.17) is 0 Å². The van der Waals surface area contributed by atoms with Gasteiger partial charge < -0.3 is 5.32 Å². The maximum absolute atomic E-state index is 13.5. The summed E-state index contributed by atoms with van der Waals surface area (Å²) in [5.41, 5.74) is 1.10. The van der Waals surface area contributed by atoms with Gasteiger partial charge in [0.25, 0.3) is 0 Å². The molecular formula is C12H12FN3S. The zero-order valence-corrected chi connectivity index (χ0v) is 10.4. The average molecular weight is 249 g/mol. The minimum Gasteiger partial charge on any atom is -0.357 e. The van der Waals surface area contributed by atoms with Crippen molar-refractivity contribution in [2.45, 2.75) is 16.8 Å². The molecule has 17 heavy (non-hydrogen) atoms. The first-order valence-corrected chi connectivity index (χ1v) is 5.96. The van der Waals surface area contributed by atoms with Crippen LogP contribution in [-0.4, -0.2) is 17.0 Å². The van der Waals surface area contributed by atoms with E-state index in [0.717, 1.165) is 10.5 Å². The Hall–Kier alpha value is -1.62. The lowest BCUT2D eigenvalue weighted by Crippen LogP contribution is -1.99. The lowest BCUT2D eigenvalue weighted by Gasteiger charge is -2.06. The summed E-state index contributed by atoms with van der Waals surface area (Å²) in [6, 6.07) is 7.81. The van der Waals surface area contributed by atoms with Gasteiger partial charge in [-0.05, 0) is 18.6 Å². The van der Waals surface area contributed by atoms with E-state index in [0.29, 0.717) is 11.0 Å². The average Bonchev–Trinajstić information content (AvgIpc) is 2.35. The normalized spacial score (nSPS) is 10.3. The van der Waals surface area contributed by atoms with Crippen LogP contribution in [0.2, 0.25) is 0 Å². The van der Waals surface area contributed by atoms with Crippen LogP contribution in [0.15, 0.2) is 40.4 Å². The molecule has 3 nitrogen and oxygen atoms in total. The van der Waals surface area contributed by atoms with Crippen molar-refractivity contribution in [3.05, 3.63) is 41.8 Å². The number of rotatable bonds is 3. The van der Waals surface area contributed by atoms with Crippen LogP contribution < -0.4 is 5.32 Å². The predicted molar refractivity (Wildman–Crippen MR) is 66.8 cm³/mol. The molecule has 0 aliphatic carbocycles. The molecule has 0 fully saturated rings. The molecule has 0 aliphatic rings. The van der Waals surface area contributed by atoms with Gasteiger partial charge in [0.1, 0.15) is 5.03 Å². The minimum atomic E-state index is -0.405. The Labute approximate surface area is 103 Å². The SMILES string of the molecule is CNc1ncc(F)c(Sc2ccccc2C)n1. The molecule has 2 aromatic rings. The fraction of sp³-hybridized carbons (Fsp3) is 0.167. The maximum atomic E-state index is 13.5. The molecule has 0 atom stereocenters. The highest BCUT2D eigenvalue weighted by Gasteiger charge is 2.09. The highest BCUT2D eigenvalue weighted by Crippen LogP contribution is 2.30. The van der Waals surface area contributed by atoms with Gasteiger partial charge in [-0.1, -0.05) is 30.0 Å². The van der Waals surface area contributed by atoms with E-state index in [-0.39, 0.29) is 0 Å². The van der Waals surface area contributed by atoms with Gasteiger partial charge in [-0.2, -0.15) is 0 Å². The Bertz CT molecular complexity index is 531. The lowest BCUT2D eigenvalue weighted by atomic mass is 10.2. The number of halogens is 1. The Kier molecular flexibility index (Phi) is 3.58. The summed E-state index contributed by atoms with van der Waals surface area (Å²) in [5, 5.41) is 3.12. The second kappa shape index (κ2) is 5.14. The number of anilines is 1. The summed E-state index contributed by atoms with van der Waals surface area (Å²) in [5.74, 6) is 0.0136. The van der Waals surface area contributed by atoms with Gasteiger partial charge in [-0.25, -0.2) is 14.4 Å². The molecule has 5 heteroatoms. The van der Waals surface area contributed by atoms with Crippen LogP contribution in [0.1, 0.15) is 5.56 Å². The van der Waals surface area contributed by atoms with Crippen molar-refractivity contribution in [1.29, 1.82) is 0 Å². The smallest absolute Gasteiger partial charge is 0.223 e. The van der Waals surface area contributed by atoms with Crippen molar-refractivity contribution in [2.24, 2.45) is 0 Å². The summed E-state index contributed by atoms with van der Waals surface area (Å²) in [7, 11) is 1.70. The van der Waals surface area contributed by atoms with E-state index in [1.165, 1.54) is 18.0 Å². The summed E-state index contributed by atoms with van der Waals surface area (Å²) >= 11 is 1.30. The Balaban J connectivity index is 2.32. The van der Waals surface area contributed by atoms with Crippen LogP contribution in [0.25, 0.3) is 0 Å². The standard InChI is InChI=1S/C12H12FN3S/c1-8-5-3-4-6-10(8)17-11-9(13)7-15-12(14-2)16-11/h3-7H,1-2H3,(H,14,15,16). The highest BCUT2D eigenvalue weighted by atomic mass is 32.2. The van der Waals surface area contributed by atoms with Crippen molar-refractivity contribution in [2.75, 3.05) is 12.4 Å². The van der Waals surface area contributed by atoms with Crippen LogP contribution in [0.3, 0.4) is 0 Å². The molecule has 0 aliphatic heterocycles. The molecule has 1 aromatic carbocycles. The zero-order valence-electron chi connectivity index (χ0n) is 9.57. The molecule has 0 saturated heterocycles. The number of nitrogens with one attached hydrogen (secondary N) is 1. The molecule has 0 saturated carbocycles. The number of hydrogen-bond acceptors (Lipinski definition) is 4. The number of hydrogen-bond donors (Lipinski definition) is 1. The molecule has 1 heterocycles. The van der Waals surface area contributed by atoms with Crippen molar-refractivity contribution >= 4 is 17.7 Å². The molecular weight excluding hydrogens is 237 g/mol. The summed E-state index contributed by atoms with van der Waals surface area (Å²) in [4.78, 5) is 8.90. The molecule has 1 aromatic heterocycles. The number of benzene rings is 1. The Morgan fingerprint density at radius 1 is 1.29 bits per heavy atom. The van der Waals surface area contributed by atoms with E-state index >= 15 is 0 Å². The van der Waals surface area contributed by atoms with Crippen LogP contribution in [0.4, 0.5) is 10.3 Å². The van der Waals surface area contributed by atoms with Crippen LogP contribution in [0, 0.1) is 12.7 Å². The van der Waals surface area contributed by atoms with Gasteiger partial charge in [0.05, 0.1) is 6.20 Å². The molecule has 0 unspecified atom stereocenters. The third-order valence-corrected chi connectivity index (χ3v) is 3.39. The van der Waals surface area contributed by atoms with Crippen LogP contribution >= 0.6 is 11.8 Å². The van der Waals surface area contributed by atoms with Crippen LogP contribution in [-0.2, 0) is 0 Å². The largest absolute Gasteiger partial charge is 0.357 e. The quantitative estimate of drug-likeness (QED) is 0.848. The Morgan fingerprint density at radius 3 is 2.76 bits per heavy atom. The van der Waals surface area contributed by atoms with Gasteiger partial charge in [0.15, 0.2) is 5.82 Å². The molecule has 0 radical (unpaired) electrons. The van der Waals surface area contributed by atoms with E-state index in [1.54, 1.807) is 7.05 Å². The van der Waals surface area contributed by atoms with Crippen molar-refractivity contribution < 1.29 is 4.39 Å². The third-order valence-electron chi connectivity index (χ3n) is 2.24. The number of aryl methyl sites for hydroxylation is 1. The van der Waals surface area contributed by atoms with Gasteiger partial charge in [-0.15, -0.1) is 0 Å². The van der Waals surface area contributed by atoms with E-state index in [2.05, 4.69) is 15.3 Å². The molecule has 1 N–H and O–H groups in total. The Morgan fingerprint density at radius 2 is 2.06 bits per heavy atom. The highest BCUT2D eigenvalue weighted by molar-refractivity contribution is 7.99. The van der Waals surface area contributed by atoms with E-state index < -0.39 is 5.82 Å². The zero-order chi connectivity index (χ0) is 12.3. The molecule has 0 spiro atoms. The number of aromatic nitrogens is 2. The number of nitrogens with zero attached hydrogens (tertiary/aromatic N) is 2. The second-order valence-electron chi connectivity index (χ2n) is 3.46. The fourth-order valence-corrected chi connectivity index (χ4v) is 2.18. The predicted octanol–water partition coefficient (Wildman–Crippen LogP) is 3.12. The molecule has 88 valence electrons. The third kappa shape index (κ3) is 2.74. The van der Waals surface area contributed by atoms with Gasteiger partial charge >= 0.3 is 0 Å². The molecule has 0 bridgehead atoms. The van der Waals surface area contributed by atoms with Crippen molar-refractivity contribution in [1.82, 2.24) is 9.97 Å². The van der Waals surface area contributed by atoms with Gasteiger partial charge in [0.2, 0.25) is 5.95 Å². The minimum absolute atomic E-state index is 0.332. The second-order valence-corrected chi connectivity index (χ2v) is 4.49. The van der Waals surface area contributed by atoms with Crippen molar-refractivity contribution in [3.63, 3.8) is 0 Å². The molecule has 2 rings (SSSR count). The first-order valence-electron chi connectivity index (χ1n) is 5.14. The van der Waals surface area contributed by atoms with Crippen LogP contribution in [0.5, 0.6) is 0 Å². The lowest BCUT2D eigenvalue weighted by molar-refractivity contribution is 0.580. The maximum Gasteiger partial charge on any atom is 0.223 e. The van der Waals surface area contributed by atoms with Gasteiger partial charge in [-0.3, -0.25) is 0 Å². The fourth-order valence-electron chi connectivity index (χ4n) is 1.32. The van der Waals surface area contributed by atoms with E-state index in [9.17, 15) is 4.39 Å². The first kappa shape index (κ1) is 11.9. The van der Waals surface area contributed by atoms with Crippen molar-refractivity contribution in [3.8, 4) is 0 Å². The van der Waals surface area contributed by atoms with E-state index in [1.807, 2.05) is 31.2 Å². The molecule has 0 amide bonds. The monoisotopic (exact) mass is 249 g/mol. The summed E-state index contributed by atoms with van der Waals surface area (Å²) in [6.07, 6.45) is 1.18. The topological polar surface area (TPSA) is 37.8 Å². The summed E-state index contributed by atoms with van der Waals surface area (Å²) in [6.45, 7) is 1.99. The first-order chi connectivity index (χ1) is 8.20. The summed E-state index contributed by atoms with van der Waals surface area (Å²) < 4.78 is 13.5.